The topological polar surface area (TPSA) is 48.9 Å². The molecule has 0 radical (unpaired) electrons. The molecular formula is C22H31IN4O. The molecule has 1 atom stereocenters. The van der Waals surface area contributed by atoms with Gasteiger partial charge in [0, 0.05) is 37.9 Å². The van der Waals surface area contributed by atoms with Crippen LogP contribution in [0.2, 0.25) is 0 Å². The van der Waals surface area contributed by atoms with Crippen molar-refractivity contribution in [1.29, 1.82) is 0 Å². The lowest BCUT2D eigenvalue weighted by Gasteiger charge is -2.20. The molecule has 0 aliphatic carbocycles. The lowest BCUT2D eigenvalue weighted by atomic mass is 10.1. The number of hydrogen-bond donors (Lipinski definition) is 2. The SMILES string of the molecule is CCNC(=NCc1ccccc1)NCC1CCN(c2cccc(OC)c2)C1.I. The van der Waals surface area contributed by atoms with Crippen molar-refractivity contribution in [3.63, 3.8) is 0 Å². The van der Waals surface area contributed by atoms with E-state index in [-0.39, 0.29) is 24.0 Å². The summed E-state index contributed by atoms with van der Waals surface area (Å²) in [4.78, 5) is 7.14. The maximum Gasteiger partial charge on any atom is 0.191 e. The molecule has 1 aliphatic rings. The Kier molecular flexibility index (Phi) is 9.40. The third-order valence-electron chi connectivity index (χ3n) is 4.87. The van der Waals surface area contributed by atoms with E-state index in [1.165, 1.54) is 17.7 Å². The quantitative estimate of drug-likeness (QED) is 0.349. The Morgan fingerprint density at radius 2 is 1.96 bits per heavy atom. The molecule has 1 aliphatic heterocycles. The monoisotopic (exact) mass is 494 g/mol. The van der Waals surface area contributed by atoms with E-state index >= 15 is 0 Å². The highest BCUT2D eigenvalue weighted by atomic mass is 127. The van der Waals surface area contributed by atoms with Crippen LogP contribution in [0.3, 0.4) is 0 Å². The average molecular weight is 494 g/mol. The minimum absolute atomic E-state index is 0. The third-order valence-corrected chi connectivity index (χ3v) is 4.87. The first-order valence-corrected chi connectivity index (χ1v) is 9.73. The molecule has 152 valence electrons. The summed E-state index contributed by atoms with van der Waals surface area (Å²) in [5.41, 5.74) is 2.46. The first-order chi connectivity index (χ1) is 13.3. The first kappa shape index (κ1) is 22.3. The second kappa shape index (κ2) is 11.8. The van der Waals surface area contributed by atoms with Crippen molar-refractivity contribution in [1.82, 2.24) is 10.6 Å². The molecule has 1 saturated heterocycles. The number of aliphatic imine (C=N–C) groups is 1. The predicted molar refractivity (Wildman–Crippen MR) is 128 cm³/mol. The molecule has 6 heteroatoms. The smallest absolute Gasteiger partial charge is 0.191 e. The summed E-state index contributed by atoms with van der Waals surface area (Å²) in [5, 5.41) is 6.86. The van der Waals surface area contributed by atoms with E-state index in [0.29, 0.717) is 12.5 Å². The van der Waals surface area contributed by atoms with Crippen LogP contribution in [0.5, 0.6) is 5.75 Å². The second-order valence-electron chi connectivity index (χ2n) is 6.86. The Morgan fingerprint density at radius 1 is 1.14 bits per heavy atom. The Morgan fingerprint density at radius 3 is 2.71 bits per heavy atom. The van der Waals surface area contributed by atoms with E-state index in [1.807, 2.05) is 12.1 Å². The molecule has 2 aromatic rings. The van der Waals surface area contributed by atoms with Gasteiger partial charge in [-0.25, -0.2) is 4.99 Å². The highest BCUT2D eigenvalue weighted by Crippen LogP contribution is 2.26. The summed E-state index contributed by atoms with van der Waals surface area (Å²) >= 11 is 0. The summed E-state index contributed by atoms with van der Waals surface area (Å²) in [7, 11) is 1.72. The number of ether oxygens (including phenoxy) is 1. The summed E-state index contributed by atoms with van der Waals surface area (Å²) in [6.45, 7) is 6.72. The second-order valence-corrected chi connectivity index (χ2v) is 6.86. The Hall–Kier alpha value is -1.96. The largest absolute Gasteiger partial charge is 0.497 e. The van der Waals surface area contributed by atoms with E-state index in [9.17, 15) is 0 Å². The zero-order valence-corrected chi connectivity index (χ0v) is 19.1. The number of anilines is 1. The highest BCUT2D eigenvalue weighted by molar-refractivity contribution is 14.0. The summed E-state index contributed by atoms with van der Waals surface area (Å²) in [5.74, 6) is 2.41. The van der Waals surface area contributed by atoms with Gasteiger partial charge in [0.25, 0.3) is 0 Å². The average Bonchev–Trinajstić information content (AvgIpc) is 3.20. The summed E-state index contributed by atoms with van der Waals surface area (Å²) in [6.07, 6.45) is 1.18. The molecule has 0 saturated carbocycles. The van der Waals surface area contributed by atoms with Crippen LogP contribution in [0, 0.1) is 5.92 Å². The van der Waals surface area contributed by atoms with Gasteiger partial charge in [-0.3, -0.25) is 0 Å². The number of nitrogens with zero attached hydrogens (tertiary/aromatic N) is 2. The number of rotatable bonds is 7. The van der Waals surface area contributed by atoms with Gasteiger partial charge in [0.15, 0.2) is 5.96 Å². The minimum Gasteiger partial charge on any atom is -0.497 e. The fourth-order valence-corrected chi connectivity index (χ4v) is 3.38. The Balaban J connectivity index is 0.00000280. The Bertz CT molecular complexity index is 738. The van der Waals surface area contributed by atoms with E-state index in [4.69, 9.17) is 9.73 Å². The lowest BCUT2D eigenvalue weighted by molar-refractivity contribution is 0.415. The van der Waals surface area contributed by atoms with E-state index < -0.39 is 0 Å². The number of halogens is 1. The van der Waals surface area contributed by atoms with Crippen LogP contribution in [-0.4, -0.2) is 39.2 Å². The lowest BCUT2D eigenvalue weighted by Crippen LogP contribution is -2.40. The van der Waals surface area contributed by atoms with Crippen molar-refractivity contribution < 1.29 is 4.74 Å². The van der Waals surface area contributed by atoms with Crippen molar-refractivity contribution in [2.24, 2.45) is 10.9 Å². The molecule has 0 aromatic heterocycles. The van der Waals surface area contributed by atoms with Crippen LogP contribution in [0.15, 0.2) is 59.6 Å². The third kappa shape index (κ3) is 6.58. The number of nitrogens with one attached hydrogen (secondary N) is 2. The van der Waals surface area contributed by atoms with Crippen molar-refractivity contribution in [3.05, 3.63) is 60.2 Å². The van der Waals surface area contributed by atoms with Crippen LogP contribution in [0.25, 0.3) is 0 Å². The normalized spacial score (nSPS) is 16.4. The molecule has 3 rings (SSSR count). The highest BCUT2D eigenvalue weighted by Gasteiger charge is 2.23. The fourth-order valence-electron chi connectivity index (χ4n) is 3.38. The predicted octanol–water partition coefficient (Wildman–Crippen LogP) is 3.89. The van der Waals surface area contributed by atoms with Crippen LogP contribution in [0.1, 0.15) is 18.9 Å². The van der Waals surface area contributed by atoms with Gasteiger partial charge < -0.3 is 20.3 Å². The van der Waals surface area contributed by atoms with E-state index in [0.717, 1.165) is 37.9 Å². The van der Waals surface area contributed by atoms with Gasteiger partial charge >= 0.3 is 0 Å². The van der Waals surface area contributed by atoms with Crippen molar-refractivity contribution in [3.8, 4) is 5.75 Å². The molecule has 2 N–H and O–H groups in total. The minimum atomic E-state index is 0. The molecule has 1 fully saturated rings. The summed E-state index contributed by atoms with van der Waals surface area (Å²) < 4.78 is 5.35. The van der Waals surface area contributed by atoms with Crippen molar-refractivity contribution >= 4 is 35.6 Å². The van der Waals surface area contributed by atoms with E-state index in [2.05, 4.69) is 64.9 Å². The number of guanidine groups is 1. The molecule has 5 nitrogen and oxygen atoms in total. The van der Waals surface area contributed by atoms with Gasteiger partial charge in [-0.15, -0.1) is 24.0 Å². The summed E-state index contributed by atoms with van der Waals surface area (Å²) in [6, 6.07) is 18.7. The van der Waals surface area contributed by atoms with Gasteiger partial charge in [-0.05, 0) is 37.0 Å². The molecule has 0 bridgehead atoms. The van der Waals surface area contributed by atoms with Gasteiger partial charge in [-0.1, -0.05) is 36.4 Å². The van der Waals surface area contributed by atoms with Gasteiger partial charge in [0.1, 0.15) is 5.75 Å². The number of hydrogen-bond acceptors (Lipinski definition) is 3. The number of benzene rings is 2. The maximum atomic E-state index is 5.35. The fraction of sp³-hybridized carbons (Fsp3) is 0.409. The first-order valence-electron chi connectivity index (χ1n) is 9.73. The standard InChI is InChI=1S/C22H30N4O.HI/c1-3-23-22(24-15-18-8-5-4-6-9-18)25-16-19-12-13-26(17-19)20-10-7-11-21(14-20)27-2;/h4-11,14,19H,3,12-13,15-17H2,1-2H3,(H2,23,24,25);1H. The maximum absolute atomic E-state index is 5.35. The molecule has 0 amide bonds. The van der Waals surface area contributed by atoms with E-state index in [1.54, 1.807) is 7.11 Å². The van der Waals surface area contributed by atoms with Crippen LogP contribution >= 0.6 is 24.0 Å². The van der Waals surface area contributed by atoms with Gasteiger partial charge in [0.2, 0.25) is 0 Å². The zero-order valence-electron chi connectivity index (χ0n) is 16.7. The van der Waals surface area contributed by atoms with Crippen LogP contribution in [0.4, 0.5) is 5.69 Å². The van der Waals surface area contributed by atoms with Crippen molar-refractivity contribution in [2.45, 2.75) is 19.9 Å². The van der Waals surface area contributed by atoms with Crippen LogP contribution < -0.4 is 20.3 Å². The zero-order chi connectivity index (χ0) is 18.9. The molecular weight excluding hydrogens is 463 g/mol. The Labute approximate surface area is 185 Å². The van der Waals surface area contributed by atoms with Crippen molar-refractivity contribution in [2.75, 3.05) is 38.2 Å². The van der Waals surface area contributed by atoms with Crippen LogP contribution in [-0.2, 0) is 6.54 Å². The van der Waals surface area contributed by atoms with Gasteiger partial charge in [-0.2, -0.15) is 0 Å². The molecule has 28 heavy (non-hydrogen) atoms. The number of methoxy groups -OCH3 is 1. The molecule has 1 heterocycles. The molecule has 0 spiro atoms. The molecule has 2 aromatic carbocycles. The molecule has 1 unspecified atom stereocenters. The van der Waals surface area contributed by atoms with Gasteiger partial charge in [0.05, 0.1) is 13.7 Å².